The fourth-order valence-electron chi connectivity index (χ4n) is 7.08. The van der Waals surface area contributed by atoms with E-state index in [4.69, 9.17) is 10.5 Å². The van der Waals surface area contributed by atoms with Crippen molar-refractivity contribution in [1.82, 2.24) is 25.0 Å². The third kappa shape index (κ3) is 4.74. The minimum Gasteiger partial charge on any atom is -0.481 e. The van der Waals surface area contributed by atoms with Crippen LogP contribution in [0.2, 0.25) is 0 Å². The first kappa shape index (κ1) is 27.4. The first-order chi connectivity index (χ1) is 18.5. The molecule has 5 heterocycles. The molecule has 3 unspecified atom stereocenters. The van der Waals surface area contributed by atoms with Gasteiger partial charge in [-0.1, -0.05) is 6.92 Å². The molecule has 13 heteroatoms. The number of hydrogen-bond acceptors (Lipinski definition) is 6. The van der Waals surface area contributed by atoms with Crippen LogP contribution >= 0.6 is 0 Å². The van der Waals surface area contributed by atoms with Gasteiger partial charge in [0.1, 0.15) is 6.04 Å². The zero-order valence-electron chi connectivity index (χ0n) is 21.8. The second-order valence-corrected chi connectivity index (χ2v) is 10.8. The van der Waals surface area contributed by atoms with Crippen LogP contribution in [0.4, 0.5) is 17.6 Å². The Kier molecular flexibility index (Phi) is 7.06. The van der Waals surface area contributed by atoms with Gasteiger partial charge in [0.05, 0.1) is 19.0 Å². The van der Waals surface area contributed by atoms with Crippen LogP contribution in [0.1, 0.15) is 55.9 Å². The maximum absolute atomic E-state index is 14.5. The number of H-pyrrole nitrogens is 1. The van der Waals surface area contributed by atoms with E-state index in [2.05, 4.69) is 15.2 Å². The van der Waals surface area contributed by atoms with E-state index in [1.807, 2.05) is 0 Å². The molecule has 5 rings (SSSR count). The highest BCUT2D eigenvalue weighted by Gasteiger charge is 2.60. The topological polar surface area (TPSA) is 117 Å². The Hall–Kier alpha value is -3.22. The van der Waals surface area contributed by atoms with E-state index in [1.54, 1.807) is 11.8 Å². The summed E-state index contributed by atoms with van der Waals surface area (Å²) in [7, 11) is 1.40. The standard InChI is InChI=1S/C26H32F4N6O3/c1-3-35-13-15(4-5-21(35)26(28,29)30)25-7-6-16(8-14(11-25)23(31)37)36(25)24(38)20-10-19(33-34-20)17-9-22(39-2)32-12-18(17)27/h9-10,12,14-16,21H,3-8,11,13H2,1-2H3,(H2,31,37)(H,33,34)/t14?,15-,16?,21+,25?/m1/s1. The molecule has 3 aliphatic rings. The highest BCUT2D eigenvalue weighted by Crippen LogP contribution is 2.53. The summed E-state index contributed by atoms with van der Waals surface area (Å²) in [6, 6.07) is 1.01. The molecule has 0 aliphatic carbocycles. The van der Waals surface area contributed by atoms with Gasteiger partial charge in [-0.05, 0) is 57.1 Å². The number of likely N-dealkylation sites (tertiary alicyclic amines) is 1. The Labute approximate surface area is 223 Å². The molecular formula is C26H32F4N6O3. The Morgan fingerprint density at radius 1 is 1.26 bits per heavy atom. The fraction of sp³-hybridized carbons (Fsp3) is 0.615. The van der Waals surface area contributed by atoms with Crippen molar-refractivity contribution in [3.05, 3.63) is 29.8 Å². The molecule has 3 aliphatic heterocycles. The van der Waals surface area contributed by atoms with Crippen molar-refractivity contribution in [1.29, 1.82) is 0 Å². The number of hydrogen-bond donors (Lipinski definition) is 2. The number of rotatable bonds is 6. The molecule has 5 atom stereocenters. The largest absolute Gasteiger partial charge is 0.481 e. The van der Waals surface area contributed by atoms with Gasteiger partial charge in [-0.3, -0.25) is 19.6 Å². The lowest BCUT2D eigenvalue weighted by atomic mass is 9.69. The van der Waals surface area contributed by atoms with Crippen LogP contribution in [0.3, 0.4) is 0 Å². The van der Waals surface area contributed by atoms with Gasteiger partial charge in [0.2, 0.25) is 11.8 Å². The van der Waals surface area contributed by atoms with E-state index in [9.17, 15) is 27.2 Å². The minimum atomic E-state index is -4.34. The minimum absolute atomic E-state index is 0.0605. The highest BCUT2D eigenvalue weighted by atomic mass is 19.4. The zero-order valence-corrected chi connectivity index (χ0v) is 21.8. The van der Waals surface area contributed by atoms with Crippen molar-refractivity contribution in [3.63, 3.8) is 0 Å². The lowest BCUT2D eigenvalue weighted by Crippen LogP contribution is -2.64. The predicted octanol–water partition coefficient (Wildman–Crippen LogP) is 3.52. The van der Waals surface area contributed by atoms with Crippen LogP contribution in [-0.2, 0) is 4.79 Å². The van der Waals surface area contributed by atoms with E-state index < -0.39 is 41.3 Å². The third-order valence-electron chi connectivity index (χ3n) is 8.89. The van der Waals surface area contributed by atoms with E-state index in [1.165, 1.54) is 24.1 Å². The summed E-state index contributed by atoms with van der Waals surface area (Å²) in [5, 5.41) is 6.89. The number of fused-ring (bicyclic) bond motifs is 2. The Morgan fingerprint density at radius 2 is 2.03 bits per heavy atom. The van der Waals surface area contributed by atoms with Gasteiger partial charge in [-0.2, -0.15) is 18.3 Å². The van der Waals surface area contributed by atoms with Crippen LogP contribution in [0.5, 0.6) is 5.88 Å². The molecule has 3 N–H and O–H groups in total. The lowest BCUT2D eigenvalue weighted by molar-refractivity contribution is -0.198. The van der Waals surface area contributed by atoms with Gasteiger partial charge < -0.3 is 15.4 Å². The summed E-state index contributed by atoms with van der Waals surface area (Å²) >= 11 is 0. The van der Waals surface area contributed by atoms with E-state index >= 15 is 0 Å². The molecule has 212 valence electrons. The SMILES string of the molecule is CCN1C[C@H](C23CCC(CC(C(N)=O)C2)N3C(=O)c2cc(-c3cc(OC)ncc3F)[nH]n2)CC[C@H]1C(F)(F)F. The normalized spacial score (nSPS) is 29.4. The molecule has 9 nitrogen and oxygen atoms in total. The summed E-state index contributed by atoms with van der Waals surface area (Å²) < 4.78 is 60.8. The van der Waals surface area contributed by atoms with Crippen LogP contribution in [0, 0.1) is 17.7 Å². The number of halogens is 4. The molecule has 0 aromatic carbocycles. The number of nitrogens with zero attached hydrogens (tertiary/aromatic N) is 4. The number of aromatic nitrogens is 3. The second kappa shape index (κ2) is 10.1. The molecule has 0 radical (unpaired) electrons. The number of carbonyl (C=O) groups excluding carboxylic acids is 2. The van der Waals surface area contributed by atoms with Crippen LogP contribution in [0.25, 0.3) is 11.3 Å². The Morgan fingerprint density at radius 3 is 2.69 bits per heavy atom. The Balaban J connectivity index is 1.48. The van der Waals surface area contributed by atoms with Crippen molar-refractivity contribution in [2.45, 2.75) is 69.2 Å². The maximum atomic E-state index is 14.5. The first-order valence-electron chi connectivity index (χ1n) is 13.2. The number of alkyl halides is 3. The quantitative estimate of drug-likeness (QED) is 0.530. The third-order valence-corrected chi connectivity index (χ3v) is 8.89. The molecule has 0 saturated carbocycles. The van der Waals surface area contributed by atoms with Crippen molar-refractivity contribution < 1.29 is 31.9 Å². The number of methoxy groups -OCH3 is 1. The molecule has 2 bridgehead atoms. The van der Waals surface area contributed by atoms with Gasteiger partial charge in [-0.15, -0.1) is 0 Å². The zero-order chi connectivity index (χ0) is 28.1. The molecular weight excluding hydrogens is 520 g/mol. The molecule has 3 fully saturated rings. The van der Waals surface area contributed by atoms with Crippen molar-refractivity contribution in [2.24, 2.45) is 17.6 Å². The molecule has 2 amide bonds. The number of nitrogens with one attached hydrogen (secondary N) is 1. The van der Waals surface area contributed by atoms with Gasteiger partial charge in [0, 0.05) is 35.7 Å². The molecule has 39 heavy (non-hydrogen) atoms. The molecule has 3 saturated heterocycles. The summed E-state index contributed by atoms with van der Waals surface area (Å²) in [6.45, 7) is 2.08. The second-order valence-electron chi connectivity index (χ2n) is 10.8. The number of pyridine rings is 1. The number of piperidine rings is 2. The average Bonchev–Trinajstić information content (AvgIpc) is 3.48. The average molecular weight is 553 g/mol. The number of ether oxygens (including phenoxy) is 1. The first-order valence-corrected chi connectivity index (χ1v) is 13.2. The molecule has 0 spiro atoms. The number of aromatic amines is 1. The van der Waals surface area contributed by atoms with Crippen molar-refractivity contribution in [2.75, 3.05) is 20.2 Å². The van der Waals surface area contributed by atoms with Crippen molar-refractivity contribution >= 4 is 11.8 Å². The van der Waals surface area contributed by atoms with Crippen molar-refractivity contribution in [3.8, 4) is 17.1 Å². The van der Waals surface area contributed by atoms with Gasteiger partial charge in [0.15, 0.2) is 11.5 Å². The van der Waals surface area contributed by atoms with Gasteiger partial charge in [0.25, 0.3) is 5.91 Å². The predicted molar refractivity (Wildman–Crippen MR) is 132 cm³/mol. The summed E-state index contributed by atoms with van der Waals surface area (Å²) in [4.78, 5) is 33.3. The van der Waals surface area contributed by atoms with Crippen LogP contribution in [0.15, 0.2) is 18.3 Å². The summed E-state index contributed by atoms with van der Waals surface area (Å²) in [5.74, 6) is -2.03. The van der Waals surface area contributed by atoms with Crippen LogP contribution < -0.4 is 10.5 Å². The number of nitrogens with two attached hydrogens (primary N) is 1. The van der Waals surface area contributed by atoms with E-state index in [-0.39, 0.29) is 60.7 Å². The van der Waals surface area contributed by atoms with Gasteiger partial charge in [-0.25, -0.2) is 9.37 Å². The highest BCUT2D eigenvalue weighted by molar-refractivity contribution is 5.95. The number of primary amides is 1. The lowest BCUT2D eigenvalue weighted by Gasteiger charge is -2.54. The monoisotopic (exact) mass is 552 g/mol. The van der Waals surface area contributed by atoms with E-state index in [0.717, 1.165) is 6.20 Å². The number of carbonyl (C=O) groups is 2. The fourth-order valence-corrected chi connectivity index (χ4v) is 7.08. The summed E-state index contributed by atoms with van der Waals surface area (Å²) in [5.41, 5.74) is 5.33. The molecule has 2 aromatic rings. The van der Waals surface area contributed by atoms with E-state index in [0.29, 0.717) is 25.7 Å². The van der Waals surface area contributed by atoms with Gasteiger partial charge >= 0.3 is 6.18 Å². The molecule has 2 aromatic heterocycles. The summed E-state index contributed by atoms with van der Waals surface area (Å²) in [6.07, 6.45) is -1.25. The Bertz CT molecular complexity index is 1250. The smallest absolute Gasteiger partial charge is 0.404 e. The maximum Gasteiger partial charge on any atom is 0.404 e. The number of amides is 2. The van der Waals surface area contributed by atoms with Crippen LogP contribution in [-0.4, -0.2) is 80.8 Å².